The second kappa shape index (κ2) is 8.24. The van der Waals surface area contributed by atoms with Gasteiger partial charge in [0.25, 0.3) is 0 Å². The minimum absolute atomic E-state index is 0.346. The Bertz CT molecular complexity index is 134. The first-order chi connectivity index (χ1) is 6.20. The van der Waals surface area contributed by atoms with Gasteiger partial charge in [0.1, 0.15) is 5.78 Å². The zero-order valence-electron chi connectivity index (χ0n) is 9.23. The minimum Gasteiger partial charge on any atom is -0.314 e. The summed E-state index contributed by atoms with van der Waals surface area (Å²) in [6.07, 6.45) is 4.90. The third kappa shape index (κ3) is 7.97. The quantitative estimate of drug-likeness (QED) is 0.589. The van der Waals surface area contributed by atoms with Crippen molar-refractivity contribution in [3.8, 4) is 0 Å². The molecule has 2 heteroatoms. The van der Waals surface area contributed by atoms with E-state index in [9.17, 15) is 4.79 Å². The summed E-state index contributed by atoms with van der Waals surface area (Å²) in [5.74, 6) is 0.405. The van der Waals surface area contributed by atoms with Gasteiger partial charge in [-0.15, -0.1) is 0 Å². The minimum atomic E-state index is 0.346. The lowest BCUT2D eigenvalue weighted by atomic mass is 10.1. The molecule has 0 bridgehead atoms. The molecule has 1 unspecified atom stereocenters. The second-order valence-electron chi connectivity index (χ2n) is 3.66. The number of carbonyl (C=O) groups is 1. The number of nitrogens with one attached hydrogen (secondary N) is 1. The number of rotatable bonds is 8. The molecule has 2 nitrogen and oxygen atoms in total. The van der Waals surface area contributed by atoms with Gasteiger partial charge in [-0.25, -0.2) is 0 Å². The molecule has 0 saturated heterocycles. The van der Waals surface area contributed by atoms with Crippen LogP contribution in [0.5, 0.6) is 0 Å². The average molecular weight is 185 g/mol. The van der Waals surface area contributed by atoms with E-state index in [0.717, 1.165) is 19.4 Å². The third-order valence-corrected chi connectivity index (χ3v) is 2.15. The Morgan fingerprint density at radius 3 is 2.54 bits per heavy atom. The summed E-state index contributed by atoms with van der Waals surface area (Å²) in [7, 11) is 0. The summed E-state index contributed by atoms with van der Waals surface area (Å²) in [4.78, 5) is 11.4. The highest BCUT2D eigenvalue weighted by molar-refractivity contribution is 5.78. The molecule has 13 heavy (non-hydrogen) atoms. The van der Waals surface area contributed by atoms with Crippen LogP contribution in [-0.4, -0.2) is 18.4 Å². The maximum atomic E-state index is 11.4. The van der Waals surface area contributed by atoms with E-state index in [4.69, 9.17) is 0 Å². The highest BCUT2D eigenvalue weighted by Crippen LogP contribution is 2.03. The van der Waals surface area contributed by atoms with Gasteiger partial charge < -0.3 is 5.32 Å². The van der Waals surface area contributed by atoms with Crippen molar-refractivity contribution in [1.29, 1.82) is 0 Å². The molecule has 1 atom stereocenters. The normalized spacial score (nSPS) is 12.8. The van der Waals surface area contributed by atoms with Crippen LogP contribution in [-0.2, 0) is 4.79 Å². The molecule has 0 spiro atoms. The van der Waals surface area contributed by atoms with Gasteiger partial charge >= 0.3 is 0 Å². The van der Waals surface area contributed by atoms with E-state index >= 15 is 0 Å². The Balaban J connectivity index is 3.38. The van der Waals surface area contributed by atoms with Crippen LogP contribution in [0.3, 0.4) is 0 Å². The fourth-order valence-electron chi connectivity index (χ4n) is 1.44. The Labute approximate surface area is 82.1 Å². The van der Waals surface area contributed by atoms with Crippen LogP contribution >= 0.6 is 0 Å². The Morgan fingerprint density at radius 1 is 1.31 bits per heavy atom. The molecule has 0 aromatic rings. The molecule has 0 rings (SSSR count). The van der Waals surface area contributed by atoms with Crippen LogP contribution in [0.25, 0.3) is 0 Å². The summed E-state index contributed by atoms with van der Waals surface area (Å²) in [5.41, 5.74) is 0. The topological polar surface area (TPSA) is 29.1 Å². The van der Waals surface area contributed by atoms with E-state index in [1.165, 1.54) is 12.8 Å². The van der Waals surface area contributed by atoms with Crippen LogP contribution in [0.4, 0.5) is 0 Å². The van der Waals surface area contributed by atoms with Gasteiger partial charge in [-0.1, -0.05) is 26.7 Å². The first kappa shape index (κ1) is 12.6. The number of hydrogen-bond acceptors (Lipinski definition) is 2. The van der Waals surface area contributed by atoms with E-state index < -0.39 is 0 Å². The molecule has 0 heterocycles. The van der Waals surface area contributed by atoms with Crippen molar-refractivity contribution in [3.05, 3.63) is 0 Å². The average Bonchev–Trinajstić information content (AvgIpc) is 2.05. The molecular weight excluding hydrogens is 162 g/mol. The monoisotopic (exact) mass is 185 g/mol. The SMILES string of the molecule is CCCCCC(=O)CC(C)NCC. The van der Waals surface area contributed by atoms with Crippen molar-refractivity contribution in [2.24, 2.45) is 0 Å². The Hall–Kier alpha value is -0.370. The molecule has 78 valence electrons. The molecule has 0 amide bonds. The van der Waals surface area contributed by atoms with Crippen molar-refractivity contribution in [2.45, 2.75) is 58.9 Å². The molecule has 0 aliphatic carbocycles. The predicted molar refractivity (Wildman–Crippen MR) is 56.9 cm³/mol. The van der Waals surface area contributed by atoms with E-state index in [0.29, 0.717) is 18.2 Å². The van der Waals surface area contributed by atoms with Crippen LogP contribution in [0.1, 0.15) is 52.9 Å². The summed E-state index contributed by atoms with van der Waals surface area (Å²) >= 11 is 0. The molecule has 0 aromatic heterocycles. The number of ketones is 1. The van der Waals surface area contributed by atoms with Gasteiger partial charge in [0.15, 0.2) is 0 Å². The lowest BCUT2D eigenvalue weighted by molar-refractivity contribution is -0.119. The van der Waals surface area contributed by atoms with Crippen molar-refractivity contribution in [2.75, 3.05) is 6.54 Å². The van der Waals surface area contributed by atoms with E-state index in [2.05, 4.69) is 26.1 Å². The maximum Gasteiger partial charge on any atom is 0.134 e. The summed E-state index contributed by atoms with van der Waals surface area (Å²) in [5, 5.41) is 3.25. The summed E-state index contributed by atoms with van der Waals surface area (Å²) < 4.78 is 0. The number of unbranched alkanes of at least 4 members (excludes halogenated alkanes) is 2. The molecule has 0 aliphatic heterocycles. The predicted octanol–water partition coefficient (Wildman–Crippen LogP) is 2.52. The fourth-order valence-corrected chi connectivity index (χ4v) is 1.44. The maximum absolute atomic E-state index is 11.4. The number of carbonyl (C=O) groups excluding carboxylic acids is 1. The largest absolute Gasteiger partial charge is 0.314 e. The standard InChI is InChI=1S/C11H23NO/c1-4-6-7-8-11(13)9-10(3)12-5-2/h10,12H,4-9H2,1-3H3. The van der Waals surface area contributed by atoms with Gasteiger partial charge in [-0.2, -0.15) is 0 Å². The number of Topliss-reactive ketones (excluding diaryl/α,β-unsaturated/α-hetero) is 1. The molecule has 0 fully saturated rings. The van der Waals surface area contributed by atoms with Crippen LogP contribution in [0.15, 0.2) is 0 Å². The van der Waals surface area contributed by atoms with Gasteiger partial charge in [0, 0.05) is 18.9 Å². The molecule has 0 aliphatic rings. The van der Waals surface area contributed by atoms with Crippen molar-refractivity contribution < 1.29 is 4.79 Å². The lowest BCUT2D eigenvalue weighted by Gasteiger charge is -2.10. The van der Waals surface area contributed by atoms with Crippen LogP contribution < -0.4 is 5.32 Å². The number of hydrogen-bond donors (Lipinski definition) is 1. The summed E-state index contributed by atoms with van der Waals surface area (Å²) in [6.45, 7) is 7.24. The van der Waals surface area contributed by atoms with E-state index in [1.807, 2.05) is 0 Å². The van der Waals surface area contributed by atoms with Crippen molar-refractivity contribution >= 4 is 5.78 Å². The Morgan fingerprint density at radius 2 is 2.00 bits per heavy atom. The second-order valence-corrected chi connectivity index (χ2v) is 3.66. The van der Waals surface area contributed by atoms with Gasteiger partial charge in [0.05, 0.1) is 0 Å². The Kier molecular flexibility index (Phi) is 8.00. The molecule has 0 aromatic carbocycles. The molecular formula is C11H23NO. The summed E-state index contributed by atoms with van der Waals surface area (Å²) in [6, 6.07) is 0.346. The first-order valence-corrected chi connectivity index (χ1v) is 5.45. The zero-order chi connectivity index (χ0) is 10.1. The molecule has 1 N–H and O–H groups in total. The lowest BCUT2D eigenvalue weighted by Crippen LogP contribution is -2.28. The van der Waals surface area contributed by atoms with E-state index in [-0.39, 0.29) is 0 Å². The van der Waals surface area contributed by atoms with Crippen molar-refractivity contribution in [3.63, 3.8) is 0 Å². The van der Waals surface area contributed by atoms with Crippen molar-refractivity contribution in [1.82, 2.24) is 5.32 Å². The molecule has 0 saturated carbocycles. The first-order valence-electron chi connectivity index (χ1n) is 5.45. The molecule has 0 radical (unpaired) electrons. The van der Waals surface area contributed by atoms with E-state index in [1.54, 1.807) is 0 Å². The van der Waals surface area contributed by atoms with Crippen LogP contribution in [0, 0.1) is 0 Å². The van der Waals surface area contributed by atoms with Crippen LogP contribution in [0.2, 0.25) is 0 Å². The zero-order valence-corrected chi connectivity index (χ0v) is 9.23. The highest BCUT2D eigenvalue weighted by atomic mass is 16.1. The fraction of sp³-hybridized carbons (Fsp3) is 0.909. The smallest absolute Gasteiger partial charge is 0.134 e. The van der Waals surface area contributed by atoms with Gasteiger partial charge in [-0.05, 0) is 19.9 Å². The van der Waals surface area contributed by atoms with Gasteiger partial charge in [-0.3, -0.25) is 4.79 Å². The van der Waals surface area contributed by atoms with Gasteiger partial charge in [0.2, 0.25) is 0 Å². The highest BCUT2D eigenvalue weighted by Gasteiger charge is 2.06. The third-order valence-electron chi connectivity index (χ3n) is 2.15.